The Balaban J connectivity index is 2.29. The minimum absolute atomic E-state index is 0.0321. The molecule has 2 amide bonds. The molecule has 76 valence electrons. The molecule has 1 aliphatic carbocycles. The Labute approximate surface area is 83.8 Å². The van der Waals surface area contributed by atoms with Crippen molar-refractivity contribution in [2.45, 2.75) is 33.7 Å². The van der Waals surface area contributed by atoms with Gasteiger partial charge in [-0.05, 0) is 10.8 Å². The van der Waals surface area contributed by atoms with Crippen molar-refractivity contribution in [3.05, 3.63) is 12.2 Å². The van der Waals surface area contributed by atoms with Gasteiger partial charge in [0.1, 0.15) is 0 Å². The monoisotopic (exact) mass is 193 g/mol. The minimum atomic E-state index is -0.168. The zero-order valence-electron chi connectivity index (χ0n) is 9.00. The molecule has 0 spiro atoms. The van der Waals surface area contributed by atoms with E-state index in [0.29, 0.717) is 0 Å². The third kappa shape index (κ3) is 0.873. The molecule has 0 atom stereocenters. The van der Waals surface area contributed by atoms with Gasteiger partial charge in [-0.25, -0.2) is 0 Å². The molecule has 0 unspecified atom stereocenters. The van der Waals surface area contributed by atoms with Gasteiger partial charge in [-0.2, -0.15) is 0 Å². The van der Waals surface area contributed by atoms with Gasteiger partial charge in [0.15, 0.2) is 0 Å². The summed E-state index contributed by atoms with van der Waals surface area (Å²) in [4.78, 5) is 24.3. The number of hydrogen-bond acceptors (Lipinski definition) is 2. The maximum absolute atomic E-state index is 11.5. The maximum Gasteiger partial charge on any atom is 0.253 e. The fourth-order valence-electron chi connectivity index (χ4n) is 2.47. The maximum atomic E-state index is 11.5. The van der Waals surface area contributed by atoms with E-state index in [0.717, 1.165) is 0 Å². The van der Waals surface area contributed by atoms with E-state index >= 15 is 0 Å². The number of nitrogens with zero attached hydrogens (tertiary/aromatic N) is 1. The molecule has 0 N–H and O–H groups in total. The van der Waals surface area contributed by atoms with Crippen LogP contribution in [0.5, 0.6) is 0 Å². The normalized spacial score (nSPS) is 28.7. The van der Waals surface area contributed by atoms with E-state index < -0.39 is 0 Å². The van der Waals surface area contributed by atoms with Crippen LogP contribution in [0, 0.1) is 10.8 Å². The van der Waals surface area contributed by atoms with E-state index in [1.165, 1.54) is 17.1 Å². The molecule has 1 saturated carbocycles. The van der Waals surface area contributed by atoms with Gasteiger partial charge in [-0.15, -0.1) is 0 Å². The van der Waals surface area contributed by atoms with E-state index in [2.05, 4.69) is 27.7 Å². The summed E-state index contributed by atoms with van der Waals surface area (Å²) >= 11 is 0. The lowest BCUT2D eigenvalue weighted by molar-refractivity contribution is -0.138. The van der Waals surface area contributed by atoms with Crippen LogP contribution in [-0.4, -0.2) is 22.8 Å². The lowest BCUT2D eigenvalue weighted by Gasteiger charge is -2.15. The Morgan fingerprint density at radius 3 is 1.64 bits per heavy atom. The molecule has 0 aromatic heterocycles. The van der Waals surface area contributed by atoms with E-state index in [1.807, 2.05) is 0 Å². The van der Waals surface area contributed by atoms with Crippen LogP contribution in [0.3, 0.4) is 0 Å². The van der Waals surface area contributed by atoms with Crippen LogP contribution in [0.15, 0.2) is 12.2 Å². The minimum Gasteiger partial charge on any atom is -0.271 e. The van der Waals surface area contributed by atoms with Gasteiger partial charge in [0.25, 0.3) is 11.8 Å². The van der Waals surface area contributed by atoms with Crippen LogP contribution in [-0.2, 0) is 9.59 Å². The van der Waals surface area contributed by atoms with E-state index in [9.17, 15) is 9.59 Å². The van der Waals surface area contributed by atoms with Crippen molar-refractivity contribution < 1.29 is 9.59 Å². The van der Waals surface area contributed by atoms with E-state index in [4.69, 9.17) is 0 Å². The molecule has 1 fully saturated rings. The van der Waals surface area contributed by atoms with Gasteiger partial charge >= 0.3 is 0 Å². The lowest BCUT2D eigenvalue weighted by atomic mass is 10.0. The summed E-state index contributed by atoms with van der Waals surface area (Å²) in [5.74, 6) is -0.336. The molecule has 0 aromatic carbocycles. The number of carbonyl (C=O) groups excluding carboxylic acids is 2. The summed E-state index contributed by atoms with van der Waals surface area (Å²) in [6, 6.07) is 0.0463. The largest absolute Gasteiger partial charge is 0.271 e. The fourth-order valence-corrected chi connectivity index (χ4v) is 2.47. The summed E-state index contributed by atoms with van der Waals surface area (Å²) in [6.45, 7) is 8.38. The Kier molecular flexibility index (Phi) is 1.53. The van der Waals surface area contributed by atoms with Crippen molar-refractivity contribution in [2.24, 2.45) is 10.8 Å². The molecule has 0 bridgehead atoms. The third-order valence-corrected chi connectivity index (χ3v) is 4.05. The number of amides is 2. The van der Waals surface area contributed by atoms with Crippen LogP contribution in [0.4, 0.5) is 0 Å². The van der Waals surface area contributed by atoms with Crippen molar-refractivity contribution in [3.63, 3.8) is 0 Å². The number of carbonyl (C=O) groups is 2. The molecule has 1 heterocycles. The van der Waals surface area contributed by atoms with Gasteiger partial charge in [0.2, 0.25) is 0 Å². The van der Waals surface area contributed by atoms with Crippen molar-refractivity contribution in [2.75, 3.05) is 0 Å². The number of imide groups is 1. The lowest BCUT2D eigenvalue weighted by Crippen LogP contribution is -2.35. The van der Waals surface area contributed by atoms with Crippen LogP contribution < -0.4 is 0 Å². The number of hydrogen-bond donors (Lipinski definition) is 0. The summed E-state index contributed by atoms with van der Waals surface area (Å²) in [5.41, 5.74) is 0.0642. The van der Waals surface area contributed by atoms with Crippen molar-refractivity contribution in [1.82, 2.24) is 4.90 Å². The average molecular weight is 193 g/mol. The first kappa shape index (κ1) is 9.44. The standard InChI is InChI=1S/C11H15NO2/c1-10(2)9(11(10,3)4)12-7(13)5-6-8(12)14/h5-6,9H,1-4H3. The highest BCUT2D eigenvalue weighted by molar-refractivity contribution is 6.13. The molecule has 3 heteroatoms. The summed E-state index contributed by atoms with van der Waals surface area (Å²) < 4.78 is 0. The van der Waals surface area contributed by atoms with Gasteiger partial charge in [0.05, 0.1) is 6.04 Å². The molecule has 3 nitrogen and oxygen atoms in total. The Morgan fingerprint density at radius 1 is 1.00 bits per heavy atom. The highest BCUT2D eigenvalue weighted by Gasteiger charge is 2.69. The van der Waals surface area contributed by atoms with E-state index in [1.54, 1.807) is 0 Å². The predicted octanol–water partition coefficient (Wildman–Crippen LogP) is 1.35. The summed E-state index contributed by atoms with van der Waals surface area (Å²) in [6.07, 6.45) is 2.71. The second-order valence-electron chi connectivity index (χ2n) is 5.23. The van der Waals surface area contributed by atoms with E-state index in [-0.39, 0.29) is 28.7 Å². The zero-order valence-corrected chi connectivity index (χ0v) is 9.00. The first-order chi connectivity index (χ1) is 6.30. The molecule has 1 aliphatic heterocycles. The van der Waals surface area contributed by atoms with Crippen molar-refractivity contribution >= 4 is 11.8 Å². The van der Waals surface area contributed by atoms with Gasteiger partial charge < -0.3 is 0 Å². The van der Waals surface area contributed by atoms with Crippen LogP contribution >= 0.6 is 0 Å². The summed E-state index contributed by atoms with van der Waals surface area (Å²) in [5, 5.41) is 0. The first-order valence-electron chi connectivity index (χ1n) is 4.85. The smallest absolute Gasteiger partial charge is 0.253 e. The molecular formula is C11H15NO2. The fraction of sp³-hybridized carbons (Fsp3) is 0.636. The highest BCUT2D eigenvalue weighted by Crippen LogP contribution is 2.65. The molecular weight excluding hydrogens is 178 g/mol. The van der Waals surface area contributed by atoms with Crippen LogP contribution in [0.25, 0.3) is 0 Å². The Morgan fingerprint density at radius 2 is 1.36 bits per heavy atom. The Bertz CT molecular complexity index is 320. The highest BCUT2D eigenvalue weighted by atomic mass is 16.2. The molecule has 0 aromatic rings. The average Bonchev–Trinajstić information content (AvgIpc) is 2.37. The molecule has 2 aliphatic rings. The van der Waals surface area contributed by atoms with Crippen molar-refractivity contribution in [3.8, 4) is 0 Å². The van der Waals surface area contributed by atoms with Gasteiger partial charge in [0, 0.05) is 12.2 Å². The number of rotatable bonds is 1. The first-order valence-corrected chi connectivity index (χ1v) is 4.85. The predicted molar refractivity (Wildman–Crippen MR) is 52.3 cm³/mol. The molecule has 0 radical (unpaired) electrons. The third-order valence-electron chi connectivity index (χ3n) is 4.05. The topological polar surface area (TPSA) is 37.4 Å². The molecule has 0 saturated heterocycles. The SMILES string of the molecule is CC1(C)C(N2C(=O)C=CC2=O)C1(C)C. The molecule has 2 rings (SSSR count). The quantitative estimate of drug-likeness (QED) is 0.589. The second kappa shape index (κ2) is 2.27. The zero-order chi connectivity index (χ0) is 10.7. The molecule has 14 heavy (non-hydrogen) atoms. The van der Waals surface area contributed by atoms with Crippen molar-refractivity contribution in [1.29, 1.82) is 0 Å². The van der Waals surface area contributed by atoms with Crippen LogP contribution in [0.1, 0.15) is 27.7 Å². The summed E-state index contributed by atoms with van der Waals surface area (Å²) in [7, 11) is 0. The second-order valence-corrected chi connectivity index (χ2v) is 5.23. The van der Waals surface area contributed by atoms with Gasteiger partial charge in [-0.3, -0.25) is 14.5 Å². The van der Waals surface area contributed by atoms with Crippen LogP contribution in [0.2, 0.25) is 0 Å². The van der Waals surface area contributed by atoms with Gasteiger partial charge in [-0.1, -0.05) is 27.7 Å². The Hall–Kier alpha value is -1.12.